The molecule has 2 rings (SSSR count). The summed E-state index contributed by atoms with van der Waals surface area (Å²) in [5.74, 6) is 0.0715. The Morgan fingerprint density at radius 2 is 1.88 bits per heavy atom. The van der Waals surface area contributed by atoms with E-state index in [1.54, 1.807) is 6.08 Å². The zero-order valence-corrected chi connectivity index (χ0v) is 15.3. The highest BCUT2D eigenvalue weighted by atomic mass is 16.5. The lowest BCUT2D eigenvalue weighted by molar-refractivity contribution is -0.147. The van der Waals surface area contributed by atoms with Crippen molar-refractivity contribution in [2.75, 3.05) is 0 Å². The lowest BCUT2D eigenvalue weighted by Crippen LogP contribution is -2.12. The Morgan fingerprint density at radius 1 is 1.25 bits per heavy atom. The molecule has 2 unspecified atom stereocenters. The Bertz CT molecular complexity index is 656. The molecule has 1 aliphatic carbocycles. The van der Waals surface area contributed by atoms with Crippen molar-refractivity contribution in [3.63, 3.8) is 0 Å². The Hall–Kier alpha value is -2.09. The summed E-state index contributed by atoms with van der Waals surface area (Å²) in [6, 6.07) is 4.29. The normalized spacial score (nSPS) is 21.5. The number of rotatable bonds is 7. The molecule has 0 bridgehead atoms. The Labute approximate surface area is 145 Å². The molecule has 1 aliphatic rings. The third-order valence-electron chi connectivity index (χ3n) is 5.11. The van der Waals surface area contributed by atoms with Crippen molar-refractivity contribution in [3.05, 3.63) is 71.8 Å². The van der Waals surface area contributed by atoms with Gasteiger partial charge in [0.15, 0.2) is 0 Å². The zero-order valence-electron chi connectivity index (χ0n) is 15.3. The van der Waals surface area contributed by atoms with E-state index in [0.29, 0.717) is 6.61 Å². The van der Waals surface area contributed by atoms with Gasteiger partial charge in [-0.05, 0) is 53.9 Å². The summed E-state index contributed by atoms with van der Waals surface area (Å²) in [6.45, 7) is 16.2. The number of esters is 1. The molecule has 1 aromatic rings. The van der Waals surface area contributed by atoms with E-state index in [-0.39, 0.29) is 23.2 Å². The van der Waals surface area contributed by atoms with E-state index in [0.717, 1.165) is 23.1 Å². The molecular formula is C22H28O2. The highest BCUT2D eigenvalue weighted by Gasteiger charge is 2.61. The molecule has 0 aliphatic heterocycles. The molecule has 0 radical (unpaired) electrons. The van der Waals surface area contributed by atoms with Gasteiger partial charge in [-0.1, -0.05) is 56.9 Å². The van der Waals surface area contributed by atoms with E-state index in [2.05, 4.69) is 59.1 Å². The second-order valence-electron chi connectivity index (χ2n) is 7.25. The number of benzene rings is 1. The fourth-order valence-corrected chi connectivity index (χ4v) is 3.51. The quantitative estimate of drug-likeness (QED) is 0.397. The maximum absolute atomic E-state index is 12.5. The van der Waals surface area contributed by atoms with E-state index in [4.69, 9.17) is 4.74 Å². The third kappa shape index (κ3) is 3.69. The van der Waals surface area contributed by atoms with Crippen LogP contribution in [0, 0.1) is 31.1 Å². The lowest BCUT2D eigenvalue weighted by Gasteiger charge is -2.13. The highest BCUT2D eigenvalue weighted by Crippen LogP contribution is 2.59. The van der Waals surface area contributed by atoms with Gasteiger partial charge < -0.3 is 4.74 Å². The van der Waals surface area contributed by atoms with Crippen molar-refractivity contribution < 1.29 is 9.53 Å². The third-order valence-corrected chi connectivity index (χ3v) is 5.11. The standard InChI is InChI=1S/C22H28O2/c1-7-9-11-19-20(22(19,5)6)21(23)24-14-18-15(3)12-17(10-8-2)13-16(18)4/h7-9,11-13,19-20H,1-2,10,14H2,3-6H3. The fourth-order valence-electron chi connectivity index (χ4n) is 3.51. The van der Waals surface area contributed by atoms with Crippen LogP contribution in [-0.2, 0) is 22.6 Å². The number of ether oxygens (including phenoxy) is 1. The minimum absolute atomic E-state index is 0.0332. The van der Waals surface area contributed by atoms with Crippen LogP contribution in [0.25, 0.3) is 0 Å². The second kappa shape index (κ2) is 7.21. The van der Waals surface area contributed by atoms with Crippen molar-refractivity contribution in [2.24, 2.45) is 17.3 Å². The molecule has 1 fully saturated rings. The molecule has 0 aromatic heterocycles. The summed E-state index contributed by atoms with van der Waals surface area (Å²) in [7, 11) is 0. The van der Waals surface area contributed by atoms with Crippen LogP contribution in [0.2, 0.25) is 0 Å². The molecule has 24 heavy (non-hydrogen) atoms. The molecule has 128 valence electrons. The van der Waals surface area contributed by atoms with Crippen LogP contribution in [0.3, 0.4) is 0 Å². The van der Waals surface area contributed by atoms with Gasteiger partial charge in [-0.15, -0.1) is 6.58 Å². The van der Waals surface area contributed by atoms with Crippen molar-refractivity contribution >= 4 is 5.97 Å². The average Bonchev–Trinajstić information content (AvgIpc) is 3.05. The van der Waals surface area contributed by atoms with Gasteiger partial charge in [0.1, 0.15) is 6.61 Å². The largest absolute Gasteiger partial charge is 0.461 e. The molecule has 1 aromatic carbocycles. The van der Waals surface area contributed by atoms with Crippen molar-refractivity contribution in [2.45, 2.75) is 40.7 Å². The summed E-state index contributed by atoms with van der Waals surface area (Å²) in [6.07, 6.45) is 8.47. The molecule has 0 heterocycles. The molecule has 0 spiro atoms. The first kappa shape index (κ1) is 18.3. The fraction of sp³-hybridized carbons (Fsp3) is 0.409. The number of hydrogen-bond donors (Lipinski definition) is 0. The van der Waals surface area contributed by atoms with Gasteiger partial charge >= 0.3 is 5.97 Å². The van der Waals surface area contributed by atoms with Gasteiger partial charge in [-0.3, -0.25) is 4.79 Å². The van der Waals surface area contributed by atoms with Crippen LogP contribution in [0.1, 0.15) is 36.1 Å². The van der Waals surface area contributed by atoms with Crippen LogP contribution >= 0.6 is 0 Å². The molecule has 0 saturated heterocycles. The van der Waals surface area contributed by atoms with E-state index in [1.165, 1.54) is 5.56 Å². The number of allylic oxidation sites excluding steroid dienone is 4. The minimum Gasteiger partial charge on any atom is -0.461 e. The molecule has 2 atom stereocenters. The van der Waals surface area contributed by atoms with E-state index in [9.17, 15) is 4.79 Å². The Balaban J connectivity index is 2.04. The smallest absolute Gasteiger partial charge is 0.310 e. The number of aryl methyl sites for hydroxylation is 2. The van der Waals surface area contributed by atoms with Gasteiger partial charge in [0.25, 0.3) is 0 Å². The molecule has 2 heteroatoms. The van der Waals surface area contributed by atoms with Crippen LogP contribution in [0.15, 0.2) is 49.6 Å². The maximum atomic E-state index is 12.5. The zero-order chi connectivity index (χ0) is 17.9. The van der Waals surface area contributed by atoms with Gasteiger partial charge in [0.2, 0.25) is 0 Å². The molecule has 0 N–H and O–H groups in total. The first-order valence-corrected chi connectivity index (χ1v) is 8.48. The van der Waals surface area contributed by atoms with Crippen LogP contribution in [0.5, 0.6) is 0 Å². The van der Waals surface area contributed by atoms with Gasteiger partial charge in [0.05, 0.1) is 5.92 Å². The molecular weight excluding hydrogens is 296 g/mol. The molecule has 1 saturated carbocycles. The molecule has 2 nitrogen and oxygen atoms in total. The Morgan fingerprint density at radius 3 is 2.42 bits per heavy atom. The highest BCUT2D eigenvalue weighted by molar-refractivity contribution is 5.78. The predicted octanol–water partition coefficient (Wildman–Crippen LogP) is 5.09. The first-order chi connectivity index (χ1) is 11.3. The van der Waals surface area contributed by atoms with Gasteiger partial charge in [-0.2, -0.15) is 0 Å². The number of carbonyl (C=O) groups excluding carboxylic acids is 1. The summed E-state index contributed by atoms with van der Waals surface area (Å²) in [4.78, 5) is 12.5. The average molecular weight is 324 g/mol. The van der Waals surface area contributed by atoms with Crippen LogP contribution in [-0.4, -0.2) is 5.97 Å². The molecule has 0 amide bonds. The summed E-state index contributed by atoms with van der Waals surface area (Å²) >= 11 is 0. The predicted molar refractivity (Wildman–Crippen MR) is 99.7 cm³/mol. The van der Waals surface area contributed by atoms with Gasteiger partial charge in [-0.25, -0.2) is 0 Å². The maximum Gasteiger partial charge on any atom is 0.310 e. The monoisotopic (exact) mass is 324 g/mol. The minimum atomic E-state index is -0.104. The van der Waals surface area contributed by atoms with Crippen molar-refractivity contribution in [1.82, 2.24) is 0 Å². The number of carbonyl (C=O) groups is 1. The van der Waals surface area contributed by atoms with Gasteiger partial charge in [0, 0.05) is 0 Å². The van der Waals surface area contributed by atoms with Crippen LogP contribution < -0.4 is 0 Å². The van der Waals surface area contributed by atoms with Crippen molar-refractivity contribution in [3.8, 4) is 0 Å². The first-order valence-electron chi connectivity index (χ1n) is 8.48. The van der Waals surface area contributed by atoms with E-state index in [1.807, 2.05) is 12.2 Å². The van der Waals surface area contributed by atoms with E-state index >= 15 is 0 Å². The number of hydrogen-bond acceptors (Lipinski definition) is 2. The van der Waals surface area contributed by atoms with Crippen molar-refractivity contribution in [1.29, 1.82) is 0 Å². The second-order valence-corrected chi connectivity index (χ2v) is 7.25. The Kier molecular flexibility index (Phi) is 5.48. The van der Waals surface area contributed by atoms with E-state index < -0.39 is 0 Å². The summed E-state index contributed by atoms with van der Waals surface area (Å²) < 4.78 is 5.64. The lowest BCUT2D eigenvalue weighted by atomic mass is 9.98. The summed E-state index contributed by atoms with van der Waals surface area (Å²) in [5, 5.41) is 0. The summed E-state index contributed by atoms with van der Waals surface area (Å²) in [5.41, 5.74) is 4.64. The topological polar surface area (TPSA) is 26.3 Å². The van der Waals surface area contributed by atoms with Crippen LogP contribution in [0.4, 0.5) is 0 Å². The SMILES string of the molecule is C=CC=CC1C(C(=O)OCc2c(C)cc(CC=C)cc2C)C1(C)C.